The second-order valence-electron chi connectivity index (χ2n) is 4.50. The van der Waals surface area contributed by atoms with Gasteiger partial charge in [-0.15, -0.1) is 0 Å². The second kappa shape index (κ2) is 6.94. The lowest BCUT2D eigenvalue weighted by Crippen LogP contribution is -2.35. The molecule has 0 spiro atoms. The Morgan fingerprint density at radius 1 is 1.52 bits per heavy atom. The lowest BCUT2D eigenvalue weighted by molar-refractivity contribution is 0.0950. The first-order valence-electron chi connectivity index (χ1n) is 5.92. The molecule has 0 heterocycles. The molecule has 116 valence electrons. The predicted molar refractivity (Wildman–Crippen MR) is 83.1 cm³/mol. The summed E-state index contributed by atoms with van der Waals surface area (Å²) in [6.07, 6.45) is 0.00715. The van der Waals surface area contributed by atoms with E-state index in [1.54, 1.807) is 6.07 Å². The van der Waals surface area contributed by atoms with E-state index in [1.807, 2.05) is 0 Å². The molecule has 6 N–H and O–H groups in total. The SMILES string of the molecule is CS(=O)(=O)c1cc(C(=S)NC(=N)N)ccc1C[C@@H](O)CO. The molecule has 0 aliphatic heterocycles. The Bertz CT molecular complexity index is 658. The molecule has 0 saturated heterocycles. The van der Waals surface area contributed by atoms with Crippen LogP contribution < -0.4 is 11.1 Å². The van der Waals surface area contributed by atoms with Crippen LogP contribution in [-0.2, 0) is 16.3 Å². The molecule has 0 fully saturated rings. The monoisotopic (exact) mass is 331 g/mol. The van der Waals surface area contributed by atoms with E-state index in [0.29, 0.717) is 11.1 Å². The summed E-state index contributed by atoms with van der Waals surface area (Å²) in [6.45, 7) is -0.463. The van der Waals surface area contributed by atoms with Gasteiger partial charge in [-0.1, -0.05) is 24.4 Å². The molecule has 9 heteroatoms. The topological polar surface area (TPSA) is 136 Å². The second-order valence-corrected chi connectivity index (χ2v) is 6.90. The molecule has 7 nitrogen and oxygen atoms in total. The molecule has 0 radical (unpaired) electrons. The highest BCUT2D eigenvalue weighted by Crippen LogP contribution is 2.20. The Labute approximate surface area is 128 Å². The van der Waals surface area contributed by atoms with Crippen molar-refractivity contribution in [1.29, 1.82) is 5.41 Å². The summed E-state index contributed by atoms with van der Waals surface area (Å²) >= 11 is 5.02. The quantitative estimate of drug-likeness (QED) is 0.269. The molecule has 1 atom stereocenters. The van der Waals surface area contributed by atoms with Crippen LogP contribution >= 0.6 is 12.2 Å². The molecule has 0 unspecified atom stereocenters. The third-order valence-corrected chi connectivity index (χ3v) is 4.16. The molecule has 21 heavy (non-hydrogen) atoms. The highest BCUT2D eigenvalue weighted by atomic mass is 32.2. The highest BCUT2D eigenvalue weighted by Gasteiger charge is 2.17. The number of sulfone groups is 1. The zero-order valence-electron chi connectivity index (χ0n) is 11.3. The van der Waals surface area contributed by atoms with Crippen molar-refractivity contribution in [3.05, 3.63) is 29.3 Å². The van der Waals surface area contributed by atoms with E-state index < -0.39 is 22.5 Å². The Hall–Kier alpha value is -1.55. The van der Waals surface area contributed by atoms with Crippen molar-refractivity contribution >= 4 is 33.0 Å². The van der Waals surface area contributed by atoms with Gasteiger partial charge in [0.05, 0.1) is 17.6 Å². The average Bonchev–Trinajstić information content (AvgIpc) is 2.36. The van der Waals surface area contributed by atoms with Crippen LogP contribution in [0, 0.1) is 5.41 Å². The summed E-state index contributed by atoms with van der Waals surface area (Å²) in [6, 6.07) is 4.43. The molecule has 1 aromatic rings. The standard InChI is InChI=1S/C12H17N3O4S2/c1-21(18,19)10-5-8(11(20)15-12(13)14)3-2-7(10)4-9(17)6-16/h2-3,5,9,16-17H,4,6H2,1H3,(H4,13,14,15,20)/t9-/m1/s1. The Morgan fingerprint density at radius 2 is 2.14 bits per heavy atom. The van der Waals surface area contributed by atoms with Crippen LogP contribution in [0.25, 0.3) is 0 Å². The maximum atomic E-state index is 11.8. The van der Waals surface area contributed by atoms with E-state index in [0.717, 1.165) is 6.26 Å². The van der Waals surface area contributed by atoms with Gasteiger partial charge in [0.15, 0.2) is 15.8 Å². The van der Waals surface area contributed by atoms with Crippen molar-refractivity contribution < 1.29 is 18.6 Å². The summed E-state index contributed by atoms with van der Waals surface area (Å²) in [7, 11) is -3.54. The number of benzene rings is 1. The summed E-state index contributed by atoms with van der Waals surface area (Å²) < 4.78 is 23.7. The smallest absolute Gasteiger partial charge is 0.190 e. The Morgan fingerprint density at radius 3 is 2.62 bits per heavy atom. The number of nitrogens with one attached hydrogen (secondary N) is 2. The number of thiocarbonyl (C=S) groups is 1. The van der Waals surface area contributed by atoms with Crippen LogP contribution in [0.15, 0.2) is 23.1 Å². The van der Waals surface area contributed by atoms with Crippen molar-refractivity contribution in [3.8, 4) is 0 Å². The van der Waals surface area contributed by atoms with Crippen molar-refractivity contribution in [3.63, 3.8) is 0 Å². The zero-order valence-corrected chi connectivity index (χ0v) is 13.0. The fourth-order valence-electron chi connectivity index (χ4n) is 1.72. The van der Waals surface area contributed by atoms with E-state index in [9.17, 15) is 13.5 Å². The van der Waals surface area contributed by atoms with Gasteiger partial charge in [0.2, 0.25) is 0 Å². The minimum absolute atomic E-state index is 0.00603. The van der Waals surface area contributed by atoms with Gasteiger partial charge >= 0.3 is 0 Å². The molecule has 0 saturated carbocycles. The predicted octanol–water partition coefficient (Wildman–Crippen LogP) is -0.856. The molecular weight excluding hydrogens is 314 g/mol. The van der Waals surface area contributed by atoms with Crippen LogP contribution in [-0.4, -0.2) is 48.5 Å². The van der Waals surface area contributed by atoms with Gasteiger partial charge in [0.25, 0.3) is 0 Å². The van der Waals surface area contributed by atoms with Gasteiger partial charge in [-0.2, -0.15) is 0 Å². The fraction of sp³-hybridized carbons (Fsp3) is 0.333. The van der Waals surface area contributed by atoms with Crippen LogP contribution in [0.1, 0.15) is 11.1 Å². The van der Waals surface area contributed by atoms with Crippen molar-refractivity contribution in [2.75, 3.05) is 12.9 Å². The number of aliphatic hydroxyl groups is 2. The highest BCUT2D eigenvalue weighted by molar-refractivity contribution is 7.90. The van der Waals surface area contributed by atoms with E-state index in [1.165, 1.54) is 12.1 Å². The average molecular weight is 331 g/mol. The van der Waals surface area contributed by atoms with Gasteiger partial charge in [-0.3, -0.25) is 5.41 Å². The third-order valence-electron chi connectivity index (χ3n) is 2.64. The molecule has 0 aliphatic rings. The van der Waals surface area contributed by atoms with Gasteiger partial charge in [-0.25, -0.2) is 8.42 Å². The van der Waals surface area contributed by atoms with E-state index >= 15 is 0 Å². The number of nitrogens with two attached hydrogens (primary N) is 1. The molecule has 1 aromatic carbocycles. The lowest BCUT2D eigenvalue weighted by atomic mass is 10.1. The van der Waals surface area contributed by atoms with Gasteiger partial charge < -0.3 is 21.3 Å². The summed E-state index contributed by atoms with van der Waals surface area (Å²) in [5.41, 5.74) is 5.95. The van der Waals surface area contributed by atoms with Crippen LogP contribution in [0.4, 0.5) is 0 Å². The normalized spacial score (nSPS) is 12.7. The number of hydrogen-bond donors (Lipinski definition) is 5. The minimum atomic E-state index is -3.54. The Balaban J connectivity index is 3.25. The first kappa shape index (κ1) is 17.5. The summed E-state index contributed by atoms with van der Waals surface area (Å²) in [5.74, 6) is -0.347. The fourth-order valence-corrected chi connectivity index (χ4v) is 2.93. The number of aliphatic hydroxyl groups excluding tert-OH is 2. The molecule has 0 aromatic heterocycles. The molecule has 0 bridgehead atoms. The van der Waals surface area contributed by atoms with Gasteiger partial charge in [-0.05, 0) is 11.6 Å². The minimum Gasteiger partial charge on any atom is -0.394 e. The van der Waals surface area contributed by atoms with Crippen molar-refractivity contribution in [1.82, 2.24) is 5.32 Å². The van der Waals surface area contributed by atoms with Crippen LogP contribution in [0.3, 0.4) is 0 Å². The first-order chi connectivity index (χ1) is 9.65. The number of guanidine groups is 1. The third kappa shape index (κ3) is 5.05. The van der Waals surface area contributed by atoms with Crippen molar-refractivity contribution in [2.24, 2.45) is 5.73 Å². The summed E-state index contributed by atoms with van der Waals surface area (Å²) in [4.78, 5) is 0.141. The maximum Gasteiger partial charge on any atom is 0.190 e. The van der Waals surface area contributed by atoms with E-state index in [4.69, 9.17) is 28.5 Å². The van der Waals surface area contributed by atoms with Crippen molar-refractivity contribution in [2.45, 2.75) is 17.4 Å². The van der Waals surface area contributed by atoms with Gasteiger partial charge in [0, 0.05) is 18.2 Å². The first-order valence-corrected chi connectivity index (χ1v) is 8.22. The van der Waals surface area contributed by atoms with Gasteiger partial charge in [0.1, 0.15) is 4.99 Å². The number of hydrogen-bond acceptors (Lipinski definition) is 6. The molecule has 0 amide bonds. The van der Waals surface area contributed by atoms with E-state index in [2.05, 4.69) is 5.32 Å². The lowest BCUT2D eigenvalue weighted by Gasteiger charge is -2.14. The molecular formula is C12H17N3O4S2. The Kier molecular flexibility index (Phi) is 5.78. The summed E-state index contributed by atoms with van der Waals surface area (Å²) in [5, 5.41) is 27.9. The maximum absolute atomic E-state index is 11.8. The zero-order chi connectivity index (χ0) is 16.2. The molecule has 1 rings (SSSR count). The van der Waals surface area contributed by atoms with Crippen LogP contribution in [0.5, 0.6) is 0 Å². The van der Waals surface area contributed by atoms with E-state index in [-0.39, 0.29) is 22.3 Å². The number of rotatable bonds is 5. The largest absolute Gasteiger partial charge is 0.394 e. The molecule has 0 aliphatic carbocycles. The van der Waals surface area contributed by atoms with Crippen LogP contribution in [0.2, 0.25) is 0 Å².